The summed E-state index contributed by atoms with van der Waals surface area (Å²) >= 11 is 3.46. The van der Waals surface area contributed by atoms with Crippen LogP contribution in [-0.4, -0.2) is 33.3 Å². The molecule has 3 atom stereocenters. The van der Waals surface area contributed by atoms with Gasteiger partial charge < -0.3 is 10.1 Å². The molecule has 2 saturated heterocycles. The third-order valence-electron chi connectivity index (χ3n) is 5.56. The molecule has 2 aliphatic heterocycles. The maximum atomic E-state index is 6.30. The fourth-order valence-electron chi connectivity index (χ4n) is 4.25. The van der Waals surface area contributed by atoms with E-state index < -0.39 is 0 Å². The van der Waals surface area contributed by atoms with Crippen LogP contribution in [0, 0.1) is 5.92 Å². The van der Waals surface area contributed by atoms with Gasteiger partial charge in [-0.15, -0.1) is 10.2 Å². The zero-order valence-corrected chi connectivity index (χ0v) is 14.6. The Bertz CT molecular complexity index is 730. The molecule has 0 spiro atoms. The first-order valence-electron chi connectivity index (χ1n) is 8.69. The van der Waals surface area contributed by atoms with Crippen molar-refractivity contribution in [1.29, 1.82) is 0 Å². The average Bonchev–Trinajstić information content (AvgIpc) is 3.27. The second kappa shape index (κ2) is 5.45. The van der Waals surface area contributed by atoms with E-state index in [4.69, 9.17) is 4.74 Å². The molecular weight excluding hydrogens is 356 g/mol. The van der Waals surface area contributed by atoms with Gasteiger partial charge in [0.1, 0.15) is 5.75 Å². The van der Waals surface area contributed by atoms with Crippen LogP contribution in [0.25, 0.3) is 5.65 Å². The van der Waals surface area contributed by atoms with E-state index in [0.29, 0.717) is 11.8 Å². The van der Waals surface area contributed by atoms with E-state index in [1.807, 2.05) is 4.40 Å². The predicted molar refractivity (Wildman–Crippen MR) is 90.8 cm³/mol. The summed E-state index contributed by atoms with van der Waals surface area (Å²) in [6.07, 6.45) is 9.88. The minimum Gasteiger partial charge on any atom is -0.493 e. The molecule has 5 rings (SSSR count). The molecule has 3 aliphatic rings. The molecule has 2 aromatic rings. The van der Waals surface area contributed by atoms with Gasteiger partial charge in [-0.05, 0) is 66.3 Å². The Hall–Kier alpha value is -1.14. The number of ether oxygens (including phenoxy) is 1. The molecule has 1 saturated carbocycles. The van der Waals surface area contributed by atoms with Crippen LogP contribution in [0.15, 0.2) is 17.0 Å². The van der Waals surface area contributed by atoms with Crippen molar-refractivity contribution < 1.29 is 4.74 Å². The molecule has 0 aromatic carbocycles. The van der Waals surface area contributed by atoms with E-state index in [1.54, 1.807) is 0 Å². The number of piperidine rings is 1. The number of aromatic nitrogens is 3. The summed E-state index contributed by atoms with van der Waals surface area (Å²) in [5, 5.41) is 12.0. The Morgan fingerprint density at radius 3 is 2.70 bits per heavy atom. The van der Waals surface area contributed by atoms with Crippen LogP contribution in [0.2, 0.25) is 0 Å². The van der Waals surface area contributed by atoms with Gasteiger partial charge in [0.2, 0.25) is 4.73 Å². The van der Waals surface area contributed by atoms with Crippen LogP contribution >= 0.6 is 15.9 Å². The molecular formula is C17H21BrN4O. The standard InChI is InChI=1S/C17H21BrN4O/c18-17-21-20-16-7-15(14(8-22(16)17)11-1-2-11)23-9-10-5-12-3-4-13(6-10)19-12/h7-8,10-13,19H,1-6,9H2/t10?,12-,13?/m0/s1. The summed E-state index contributed by atoms with van der Waals surface area (Å²) in [5.74, 6) is 2.35. The maximum Gasteiger partial charge on any atom is 0.204 e. The molecule has 0 radical (unpaired) electrons. The molecule has 1 aliphatic carbocycles. The third kappa shape index (κ3) is 2.66. The Labute approximate surface area is 143 Å². The van der Waals surface area contributed by atoms with Gasteiger partial charge in [-0.3, -0.25) is 4.40 Å². The first kappa shape index (κ1) is 14.2. The molecule has 2 unspecified atom stereocenters. The maximum absolute atomic E-state index is 6.30. The normalized spacial score (nSPS) is 30.0. The van der Waals surface area contributed by atoms with Crippen molar-refractivity contribution in [2.75, 3.05) is 6.61 Å². The highest BCUT2D eigenvalue weighted by Gasteiger charge is 2.34. The minimum absolute atomic E-state index is 0.646. The Kier molecular flexibility index (Phi) is 3.37. The summed E-state index contributed by atoms with van der Waals surface area (Å²) < 4.78 is 9.06. The van der Waals surface area contributed by atoms with Crippen molar-refractivity contribution in [2.45, 2.75) is 56.5 Å². The van der Waals surface area contributed by atoms with Gasteiger partial charge in [-0.2, -0.15) is 0 Å². The van der Waals surface area contributed by atoms with Gasteiger partial charge in [0.25, 0.3) is 0 Å². The van der Waals surface area contributed by atoms with E-state index in [-0.39, 0.29) is 0 Å². The van der Waals surface area contributed by atoms with Gasteiger partial charge >= 0.3 is 0 Å². The van der Waals surface area contributed by atoms with Crippen molar-refractivity contribution in [3.8, 4) is 5.75 Å². The summed E-state index contributed by atoms with van der Waals surface area (Å²) in [7, 11) is 0. The molecule has 6 heteroatoms. The number of nitrogens with zero attached hydrogens (tertiary/aromatic N) is 3. The number of fused-ring (bicyclic) bond motifs is 3. The van der Waals surface area contributed by atoms with Crippen molar-refractivity contribution in [1.82, 2.24) is 19.9 Å². The van der Waals surface area contributed by atoms with E-state index in [9.17, 15) is 0 Å². The summed E-state index contributed by atoms with van der Waals surface area (Å²) in [4.78, 5) is 0. The van der Waals surface area contributed by atoms with E-state index in [0.717, 1.165) is 34.8 Å². The lowest BCUT2D eigenvalue weighted by Gasteiger charge is -2.29. The van der Waals surface area contributed by atoms with Crippen molar-refractivity contribution in [2.24, 2.45) is 5.92 Å². The quantitative estimate of drug-likeness (QED) is 0.889. The van der Waals surface area contributed by atoms with Gasteiger partial charge in [0.05, 0.1) is 6.61 Å². The highest BCUT2D eigenvalue weighted by molar-refractivity contribution is 9.10. The molecule has 2 aromatic heterocycles. The summed E-state index contributed by atoms with van der Waals surface area (Å²) in [6.45, 7) is 0.833. The summed E-state index contributed by atoms with van der Waals surface area (Å²) in [5.41, 5.74) is 2.16. The first-order valence-corrected chi connectivity index (χ1v) is 9.48. The SMILES string of the molecule is Brc1nnc2cc(OCC3CC4CC[C@@H](C3)N4)c(C3CC3)cn12. The first-order chi connectivity index (χ1) is 11.3. The van der Waals surface area contributed by atoms with Crippen LogP contribution in [0.4, 0.5) is 0 Å². The van der Waals surface area contributed by atoms with Gasteiger partial charge in [0.15, 0.2) is 5.65 Å². The van der Waals surface area contributed by atoms with Crippen molar-refractivity contribution in [3.63, 3.8) is 0 Å². The average molecular weight is 377 g/mol. The van der Waals surface area contributed by atoms with Crippen LogP contribution in [0.3, 0.4) is 0 Å². The van der Waals surface area contributed by atoms with Crippen LogP contribution in [0.5, 0.6) is 5.75 Å². The number of halogens is 1. The van der Waals surface area contributed by atoms with Gasteiger partial charge in [-0.25, -0.2) is 0 Å². The van der Waals surface area contributed by atoms with Gasteiger partial charge in [0, 0.05) is 29.9 Å². The van der Waals surface area contributed by atoms with Crippen LogP contribution < -0.4 is 10.1 Å². The number of hydrogen-bond acceptors (Lipinski definition) is 4. The number of rotatable bonds is 4. The smallest absolute Gasteiger partial charge is 0.204 e. The topological polar surface area (TPSA) is 51.5 Å². The highest BCUT2D eigenvalue weighted by Crippen LogP contribution is 2.45. The molecule has 1 N–H and O–H groups in total. The number of hydrogen-bond donors (Lipinski definition) is 1. The Balaban J connectivity index is 1.38. The lowest BCUT2D eigenvalue weighted by Crippen LogP contribution is -2.39. The molecule has 0 amide bonds. The number of nitrogens with one attached hydrogen (secondary N) is 1. The molecule has 4 heterocycles. The van der Waals surface area contributed by atoms with Crippen molar-refractivity contribution >= 4 is 21.6 Å². The minimum atomic E-state index is 0.646. The molecule has 5 nitrogen and oxygen atoms in total. The lowest BCUT2D eigenvalue weighted by atomic mass is 9.93. The second-order valence-corrected chi connectivity index (χ2v) is 8.06. The zero-order chi connectivity index (χ0) is 15.4. The zero-order valence-electron chi connectivity index (χ0n) is 13.0. The predicted octanol–water partition coefficient (Wildman–Crippen LogP) is 3.28. The second-order valence-electron chi connectivity index (χ2n) is 7.35. The molecule has 2 bridgehead atoms. The Morgan fingerprint density at radius 1 is 1.17 bits per heavy atom. The summed E-state index contributed by atoms with van der Waals surface area (Å²) in [6, 6.07) is 3.50. The fourth-order valence-corrected chi connectivity index (χ4v) is 4.61. The monoisotopic (exact) mass is 376 g/mol. The van der Waals surface area contributed by atoms with Crippen LogP contribution in [-0.2, 0) is 0 Å². The van der Waals surface area contributed by atoms with E-state index in [2.05, 4.69) is 43.7 Å². The third-order valence-corrected chi connectivity index (χ3v) is 6.10. The highest BCUT2D eigenvalue weighted by atomic mass is 79.9. The molecule has 3 fully saturated rings. The fraction of sp³-hybridized carbons (Fsp3) is 0.647. The van der Waals surface area contributed by atoms with E-state index in [1.165, 1.54) is 44.1 Å². The van der Waals surface area contributed by atoms with Crippen molar-refractivity contribution in [3.05, 3.63) is 22.6 Å². The van der Waals surface area contributed by atoms with E-state index >= 15 is 0 Å². The molecule has 122 valence electrons. The largest absolute Gasteiger partial charge is 0.493 e. The lowest BCUT2D eigenvalue weighted by molar-refractivity contribution is 0.189. The number of pyridine rings is 1. The Morgan fingerprint density at radius 2 is 1.96 bits per heavy atom. The van der Waals surface area contributed by atoms with Crippen LogP contribution in [0.1, 0.15) is 50.0 Å². The van der Waals surface area contributed by atoms with Gasteiger partial charge in [-0.1, -0.05) is 0 Å². The molecule has 23 heavy (non-hydrogen) atoms.